The zero-order chi connectivity index (χ0) is 18.8. The molecular weight excluding hydrogens is 349 g/mol. The van der Waals surface area contributed by atoms with Crippen LogP contribution in [0.2, 0.25) is 0 Å². The Morgan fingerprint density at radius 1 is 1.41 bits per heavy atom. The molecule has 1 aliphatic heterocycles. The summed E-state index contributed by atoms with van der Waals surface area (Å²) in [5.41, 5.74) is 6.29. The Morgan fingerprint density at radius 3 is 2.96 bits per heavy atom. The number of hydrogen-bond donors (Lipinski definition) is 2. The third kappa shape index (κ3) is 2.02. The number of hydrogen-bond acceptors (Lipinski definition) is 6. The maximum absolute atomic E-state index is 14.6. The number of nitrogens with zero attached hydrogens (tertiary/aromatic N) is 3. The summed E-state index contributed by atoms with van der Waals surface area (Å²) in [7, 11) is 0. The Morgan fingerprint density at radius 2 is 2.26 bits per heavy atom. The van der Waals surface area contributed by atoms with Gasteiger partial charge in [-0.05, 0) is 36.8 Å². The Kier molecular flexibility index (Phi) is 2.94. The number of ether oxygens (including phenoxy) is 1. The quantitative estimate of drug-likeness (QED) is 0.865. The van der Waals surface area contributed by atoms with E-state index in [1.807, 2.05) is 6.07 Å². The number of pyridine rings is 1. The number of nitriles is 1. The molecule has 2 heterocycles. The van der Waals surface area contributed by atoms with E-state index in [0.29, 0.717) is 23.4 Å². The Hall–Kier alpha value is -3.47. The number of fused-ring (bicyclic) bond motifs is 1. The number of nitrogens with two attached hydrogens (primary N) is 1. The molecule has 0 bridgehead atoms. The number of anilines is 1. The van der Waals surface area contributed by atoms with Crippen LogP contribution >= 0.6 is 0 Å². The van der Waals surface area contributed by atoms with Crippen LogP contribution < -0.4 is 11.1 Å². The van der Waals surface area contributed by atoms with Crippen LogP contribution in [0.4, 0.5) is 10.1 Å². The number of benzene rings is 1. The lowest BCUT2D eigenvalue weighted by Gasteiger charge is -2.29. The van der Waals surface area contributed by atoms with E-state index >= 15 is 0 Å². The van der Waals surface area contributed by atoms with E-state index in [0.717, 1.165) is 6.42 Å². The summed E-state index contributed by atoms with van der Waals surface area (Å²) in [6.45, 7) is 0.443. The maximum Gasteiger partial charge on any atom is 0.282 e. The fraction of sp³-hybridized carbons (Fsp3) is 0.263. The third-order valence-electron chi connectivity index (χ3n) is 5.78. The maximum atomic E-state index is 14.6. The van der Waals surface area contributed by atoms with Gasteiger partial charge in [0, 0.05) is 28.8 Å². The normalized spacial score (nSPS) is 29.3. The van der Waals surface area contributed by atoms with Gasteiger partial charge in [-0.1, -0.05) is 0 Å². The molecule has 3 N–H and O–H groups in total. The number of aliphatic imine (C=N–C) groups is 1. The highest BCUT2D eigenvalue weighted by molar-refractivity contribution is 6.03. The predicted octanol–water partition coefficient (Wildman–Crippen LogP) is 1.90. The molecular formula is C19H14FN5O2. The van der Waals surface area contributed by atoms with E-state index < -0.39 is 11.4 Å². The zero-order valence-corrected chi connectivity index (χ0v) is 14.1. The fourth-order valence-corrected chi connectivity index (χ4v) is 4.21. The molecule has 1 spiro atoms. The molecule has 27 heavy (non-hydrogen) atoms. The summed E-state index contributed by atoms with van der Waals surface area (Å²) in [4.78, 5) is 20.8. The highest BCUT2D eigenvalue weighted by Gasteiger charge is 2.92. The molecule has 5 rings (SSSR count). The van der Waals surface area contributed by atoms with Gasteiger partial charge in [-0.2, -0.15) is 5.26 Å². The summed E-state index contributed by atoms with van der Waals surface area (Å²) in [6, 6.07) is 9.40. The number of amides is 1. The van der Waals surface area contributed by atoms with E-state index in [9.17, 15) is 9.18 Å². The van der Waals surface area contributed by atoms with E-state index in [2.05, 4.69) is 15.3 Å². The van der Waals surface area contributed by atoms with Crippen molar-refractivity contribution in [2.45, 2.75) is 12.0 Å². The second-order valence-corrected chi connectivity index (χ2v) is 7.11. The summed E-state index contributed by atoms with van der Waals surface area (Å²) in [6.07, 6.45) is 2.26. The van der Waals surface area contributed by atoms with Crippen molar-refractivity contribution in [1.82, 2.24) is 4.98 Å². The van der Waals surface area contributed by atoms with Gasteiger partial charge in [-0.25, -0.2) is 14.4 Å². The van der Waals surface area contributed by atoms with E-state index in [1.165, 1.54) is 30.5 Å². The minimum absolute atomic E-state index is 0.0726. The Bertz CT molecular complexity index is 1060. The predicted molar refractivity (Wildman–Crippen MR) is 93.1 cm³/mol. The van der Waals surface area contributed by atoms with Crippen LogP contribution in [0, 0.1) is 28.5 Å². The average Bonchev–Trinajstić information content (AvgIpc) is 3.54. The molecule has 2 fully saturated rings. The van der Waals surface area contributed by atoms with Crippen LogP contribution in [0.5, 0.6) is 0 Å². The molecule has 2 aromatic rings. The van der Waals surface area contributed by atoms with E-state index in [-0.39, 0.29) is 28.9 Å². The number of rotatable bonds is 3. The van der Waals surface area contributed by atoms with E-state index in [4.69, 9.17) is 15.7 Å². The van der Waals surface area contributed by atoms with Gasteiger partial charge in [0.1, 0.15) is 29.7 Å². The minimum atomic E-state index is -0.674. The van der Waals surface area contributed by atoms with Gasteiger partial charge in [0.2, 0.25) is 0 Å². The zero-order valence-electron chi connectivity index (χ0n) is 14.1. The standard InChI is InChI=1S/C19H14FN5O2/c20-13-3-2-11(24-16(26)14-4-1-10(7-21)8-23-14)5-12(13)19-15-6-18(15,19)9-27-17(22)25-19/h1-5,8,15H,6,9H2,(H2,22,25)(H,24,26)/t15?,18?,19-/m0/s1. The molecule has 1 aromatic heterocycles. The second-order valence-electron chi connectivity index (χ2n) is 7.11. The number of carbonyl (C=O) groups is 1. The lowest BCUT2D eigenvalue weighted by atomic mass is 9.88. The van der Waals surface area contributed by atoms with Gasteiger partial charge >= 0.3 is 0 Å². The molecule has 3 aliphatic rings. The van der Waals surface area contributed by atoms with Crippen LogP contribution in [-0.4, -0.2) is 23.5 Å². The molecule has 1 amide bonds. The SMILES string of the molecule is N#Cc1ccc(C(=O)Nc2ccc(F)c([C@@]34N=C(N)OCC35CC54)c2)nc1. The summed E-state index contributed by atoms with van der Waals surface area (Å²) in [5.74, 6) is -0.596. The topological polar surface area (TPSA) is 113 Å². The Labute approximate surface area is 153 Å². The van der Waals surface area contributed by atoms with Crippen molar-refractivity contribution < 1.29 is 13.9 Å². The van der Waals surface area contributed by atoms with Crippen molar-refractivity contribution in [2.75, 3.05) is 11.9 Å². The van der Waals surface area contributed by atoms with Crippen molar-refractivity contribution in [3.8, 4) is 6.07 Å². The summed E-state index contributed by atoms with van der Waals surface area (Å²) >= 11 is 0. The lowest BCUT2D eigenvalue weighted by molar-refractivity contribution is 0.102. The van der Waals surface area contributed by atoms with Crippen molar-refractivity contribution >= 4 is 17.6 Å². The first-order valence-electron chi connectivity index (χ1n) is 8.46. The number of nitrogens with one attached hydrogen (secondary N) is 1. The van der Waals surface area contributed by atoms with Crippen molar-refractivity contribution in [3.05, 3.63) is 59.2 Å². The summed E-state index contributed by atoms with van der Waals surface area (Å²) < 4.78 is 19.9. The molecule has 2 aliphatic carbocycles. The minimum Gasteiger partial charge on any atom is -0.465 e. The number of amidine groups is 1. The molecule has 7 nitrogen and oxygen atoms in total. The monoisotopic (exact) mass is 363 g/mol. The van der Waals surface area contributed by atoms with Crippen LogP contribution in [0.25, 0.3) is 0 Å². The first-order chi connectivity index (χ1) is 13.0. The lowest BCUT2D eigenvalue weighted by Crippen LogP contribution is -2.35. The molecule has 2 saturated carbocycles. The highest BCUT2D eigenvalue weighted by atomic mass is 19.1. The smallest absolute Gasteiger partial charge is 0.282 e. The molecule has 3 atom stereocenters. The van der Waals surface area contributed by atoms with Gasteiger partial charge in [0.25, 0.3) is 11.9 Å². The van der Waals surface area contributed by atoms with Crippen LogP contribution in [0.15, 0.2) is 41.5 Å². The molecule has 1 aromatic carbocycles. The highest BCUT2D eigenvalue weighted by Crippen LogP contribution is 2.89. The number of carbonyl (C=O) groups excluding carboxylic acids is 1. The summed E-state index contributed by atoms with van der Waals surface area (Å²) in [5, 5.41) is 11.5. The molecule has 0 saturated heterocycles. The molecule has 0 radical (unpaired) electrons. The van der Waals surface area contributed by atoms with Crippen LogP contribution in [0.3, 0.4) is 0 Å². The van der Waals surface area contributed by atoms with E-state index in [1.54, 1.807) is 6.07 Å². The largest absolute Gasteiger partial charge is 0.465 e. The van der Waals surface area contributed by atoms with Gasteiger partial charge in [0.05, 0.1) is 5.56 Å². The first kappa shape index (κ1) is 15.8. The average molecular weight is 363 g/mol. The van der Waals surface area contributed by atoms with Crippen LogP contribution in [-0.2, 0) is 10.3 Å². The van der Waals surface area contributed by atoms with Crippen molar-refractivity contribution in [2.24, 2.45) is 22.1 Å². The van der Waals surface area contributed by atoms with Crippen LogP contribution in [0.1, 0.15) is 28.0 Å². The molecule has 8 heteroatoms. The molecule has 134 valence electrons. The van der Waals surface area contributed by atoms with Gasteiger partial charge < -0.3 is 15.8 Å². The van der Waals surface area contributed by atoms with Gasteiger partial charge in [0.15, 0.2) is 0 Å². The second kappa shape index (κ2) is 5.04. The van der Waals surface area contributed by atoms with Crippen molar-refractivity contribution in [1.29, 1.82) is 5.26 Å². The third-order valence-corrected chi connectivity index (χ3v) is 5.78. The number of halogens is 1. The number of aromatic nitrogens is 1. The first-order valence-corrected chi connectivity index (χ1v) is 8.46. The van der Waals surface area contributed by atoms with Gasteiger partial charge in [-0.15, -0.1) is 0 Å². The van der Waals surface area contributed by atoms with Gasteiger partial charge in [-0.3, -0.25) is 4.79 Å². The molecule has 2 unspecified atom stereocenters. The Balaban J connectivity index is 1.44. The fourth-order valence-electron chi connectivity index (χ4n) is 4.21. The van der Waals surface area contributed by atoms with Crippen molar-refractivity contribution in [3.63, 3.8) is 0 Å².